The van der Waals surface area contributed by atoms with Crippen molar-refractivity contribution in [3.8, 4) is 0 Å². The molecule has 21 heavy (non-hydrogen) atoms. The van der Waals surface area contributed by atoms with Gasteiger partial charge in [-0.15, -0.1) is 0 Å². The standard InChI is InChI=1S/C14H23N5O2/c1-10-5-4-6-11(2)19(10)14(21)17-7-8-18-12(9-17)15-16(3)13(18)20/h10-11H,4-9H2,1-3H3. The van der Waals surface area contributed by atoms with E-state index in [4.69, 9.17) is 0 Å². The van der Waals surface area contributed by atoms with Crippen LogP contribution in [-0.2, 0) is 20.1 Å². The highest BCUT2D eigenvalue weighted by molar-refractivity contribution is 5.75. The molecule has 1 saturated heterocycles. The van der Waals surface area contributed by atoms with Crippen LogP contribution >= 0.6 is 0 Å². The first-order valence-electron chi connectivity index (χ1n) is 7.69. The van der Waals surface area contributed by atoms with E-state index in [9.17, 15) is 9.59 Å². The molecular formula is C14H23N5O2. The first-order valence-corrected chi connectivity index (χ1v) is 7.69. The molecule has 7 nitrogen and oxygen atoms in total. The smallest absolute Gasteiger partial charge is 0.319 e. The minimum absolute atomic E-state index is 0.0825. The highest BCUT2D eigenvalue weighted by Gasteiger charge is 2.34. The van der Waals surface area contributed by atoms with Crippen molar-refractivity contribution in [1.82, 2.24) is 24.1 Å². The van der Waals surface area contributed by atoms with E-state index >= 15 is 0 Å². The predicted octanol–water partition coefficient (Wildman–Crippen LogP) is 0.780. The topological polar surface area (TPSA) is 63.4 Å². The minimum atomic E-state index is -0.100. The van der Waals surface area contributed by atoms with Gasteiger partial charge in [-0.05, 0) is 33.1 Å². The van der Waals surface area contributed by atoms with Crippen LogP contribution in [-0.4, -0.2) is 48.8 Å². The van der Waals surface area contributed by atoms with Crippen molar-refractivity contribution in [2.75, 3.05) is 6.54 Å². The van der Waals surface area contributed by atoms with E-state index in [0.717, 1.165) is 12.8 Å². The van der Waals surface area contributed by atoms with Gasteiger partial charge in [0.1, 0.15) is 0 Å². The monoisotopic (exact) mass is 293 g/mol. The third-order valence-corrected chi connectivity index (χ3v) is 4.70. The van der Waals surface area contributed by atoms with Crippen LogP contribution in [0.1, 0.15) is 38.9 Å². The number of piperidine rings is 1. The van der Waals surface area contributed by atoms with Gasteiger partial charge in [-0.25, -0.2) is 14.3 Å². The Morgan fingerprint density at radius 1 is 1.19 bits per heavy atom. The highest BCUT2D eigenvalue weighted by Crippen LogP contribution is 2.24. The molecule has 1 aromatic rings. The molecule has 2 atom stereocenters. The lowest BCUT2D eigenvalue weighted by Crippen LogP contribution is -2.54. The molecule has 0 aromatic carbocycles. The Bertz CT molecular complexity index is 595. The molecule has 1 fully saturated rings. The molecule has 2 aliphatic rings. The summed E-state index contributed by atoms with van der Waals surface area (Å²) in [5.74, 6) is 0.680. The Labute approximate surface area is 124 Å². The first kappa shape index (κ1) is 14.2. The summed E-state index contributed by atoms with van der Waals surface area (Å²) in [7, 11) is 1.65. The maximum atomic E-state index is 12.8. The molecule has 3 rings (SSSR count). The van der Waals surface area contributed by atoms with E-state index in [1.807, 2.05) is 9.80 Å². The number of rotatable bonds is 0. The summed E-state index contributed by atoms with van der Waals surface area (Å²) >= 11 is 0. The van der Waals surface area contributed by atoms with Crippen molar-refractivity contribution in [1.29, 1.82) is 0 Å². The number of hydrogen-bond acceptors (Lipinski definition) is 3. The number of aromatic nitrogens is 3. The quantitative estimate of drug-likeness (QED) is 0.710. The third-order valence-electron chi connectivity index (χ3n) is 4.70. The van der Waals surface area contributed by atoms with E-state index in [-0.39, 0.29) is 23.8 Å². The zero-order chi connectivity index (χ0) is 15.1. The number of amides is 2. The second kappa shape index (κ2) is 5.20. The van der Waals surface area contributed by atoms with E-state index < -0.39 is 0 Å². The molecule has 0 saturated carbocycles. The van der Waals surface area contributed by atoms with E-state index in [1.54, 1.807) is 11.6 Å². The van der Waals surface area contributed by atoms with Crippen molar-refractivity contribution < 1.29 is 4.79 Å². The second-order valence-corrected chi connectivity index (χ2v) is 6.21. The molecule has 116 valence electrons. The molecule has 7 heteroatoms. The van der Waals surface area contributed by atoms with Crippen molar-refractivity contribution in [3.05, 3.63) is 16.3 Å². The zero-order valence-corrected chi connectivity index (χ0v) is 12.9. The van der Waals surface area contributed by atoms with Gasteiger partial charge in [0.2, 0.25) is 0 Å². The molecule has 0 spiro atoms. The summed E-state index contributed by atoms with van der Waals surface area (Å²) < 4.78 is 3.00. The fourth-order valence-electron chi connectivity index (χ4n) is 3.49. The number of aryl methyl sites for hydroxylation is 1. The molecule has 0 bridgehead atoms. The average Bonchev–Trinajstić information content (AvgIpc) is 2.73. The van der Waals surface area contributed by atoms with Gasteiger partial charge < -0.3 is 9.80 Å². The lowest BCUT2D eigenvalue weighted by molar-refractivity contribution is 0.0843. The summed E-state index contributed by atoms with van der Waals surface area (Å²) in [5, 5.41) is 4.22. The maximum absolute atomic E-state index is 12.8. The van der Waals surface area contributed by atoms with Crippen LogP contribution in [0.15, 0.2) is 4.79 Å². The third kappa shape index (κ3) is 2.34. The molecule has 1 aromatic heterocycles. The Hall–Kier alpha value is -1.79. The number of urea groups is 1. The van der Waals surface area contributed by atoms with Crippen LogP contribution in [0.5, 0.6) is 0 Å². The molecule has 0 radical (unpaired) electrons. The summed E-state index contributed by atoms with van der Waals surface area (Å²) in [6, 6.07) is 0.655. The minimum Gasteiger partial charge on any atom is -0.319 e. The van der Waals surface area contributed by atoms with Gasteiger partial charge in [0, 0.05) is 32.2 Å². The number of carbonyl (C=O) groups excluding carboxylic acids is 1. The molecule has 0 N–H and O–H groups in total. The van der Waals surface area contributed by atoms with Crippen molar-refractivity contribution in [2.45, 2.75) is 58.3 Å². The zero-order valence-electron chi connectivity index (χ0n) is 12.9. The Morgan fingerprint density at radius 3 is 2.52 bits per heavy atom. The normalized spacial score (nSPS) is 25.9. The summed E-state index contributed by atoms with van der Waals surface area (Å²) in [4.78, 5) is 28.5. The predicted molar refractivity (Wildman–Crippen MR) is 77.9 cm³/mol. The average molecular weight is 293 g/mol. The van der Waals surface area contributed by atoms with Gasteiger partial charge in [-0.1, -0.05) is 0 Å². The number of fused-ring (bicyclic) bond motifs is 1. The SMILES string of the molecule is CC1CCCC(C)N1C(=O)N1CCn2c(nn(C)c2=O)C1. The molecule has 3 heterocycles. The van der Waals surface area contributed by atoms with E-state index in [1.165, 1.54) is 11.1 Å². The Morgan fingerprint density at radius 2 is 1.86 bits per heavy atom. The van der Waals surface area contributed by atoms with Crippen LogP contribution in [0.2, 0.25) is 0 Å². The fourth-order valence-corrected chi connectivity index (χ4v) is 3.49. The molecule has 2 aliphatic heterocycles. The van der Waals surface area contributed by atoms with Gasteiger partial charge in [-0.3, -0.25) is 4.57 Å². The second-order valence-electron chi connectivity index (χ2n) is 6.21. The summed E-state index contributed by atoms with van der Waals surface area (Å²) in [5.41, 5.74) is -0.100. The van der Waals surface area contributed by atoms with Crippen molar-refractivity contribution in [3.63, 3.8) is 0 Å². The number of likely N-dealkylation sites (tertiary alicyclic amines) is 1. The Balaban J connectivity index is 1.79. The summed E-state index contributed by atoms with van der Waals surface area (Å²) in [6.07, 6.45) is 3.32. The van der Waals surface area contributed by atoms with Crippen molar-refractivity contribution >= 4 is 6.03 Å². The van der Waals surface area contributed by atoms with Crippen LogP contribution in [0.3, 0.4) is 0 Å². The van der Waals surface area contributed by atoms with Gasteiger partial charge in [0.15, 0.2) is 5.82 Å². The van der Waals surface area contributed by atoms with Crippen LogP contribution in [0.25, 0.3) is 0 Å². The maximum Gasteiger partial charge on any atom is 0.345 e. The summed E-state index contributed by atoms with van der Waals surface area (Å²) in [6.45, 7) is 5.77. The lowest BCUT2D eigenvalue weighted by atomic mass is 9.98. The van der Waals surface area contributed by atoms with E-state index in [0.29, 0.717) is 25.5 Å². The van der Waals surface area contributed by atoms with Gasteiger partial charge in [0.05, 0.1) is 6.54 Å². The largest absolute Gasteiger partial charge is 0.345 e. The van der Waals surface area contributed by atoms with E-state index in [2.05, 4.69) is 18.9 Å². The highest BCUT2D eigenvalue weighted by atomic mass is 16.2. The molecule has 2 amide bonds. The van der Waals surface area contributed by atoms with Gasteiger partial charge in [0.25, 0.3) is 0 Å². The molecule has 0 aliphatic carbocycles. The van der Waals surface area contributed by atoms with Crippen molar-refractivity contribution in [2.24, 2.45) is 7.05 Å². The first-order chi connectivity index (χ1) is 9.99. The number of carbonyl (C=O) groups is 1. The van der Waals surface area contributed by atoms with Crippen LogP contribution in [0, 0.1) is 0 Å². The number of nitrogens with zero attached hydrogens (tertiary/aromatic N) is 5. The molecule has 2 unspecified atom stereocenters. The number of hydrogen-bond donors (Lipinski definition) is 0. The lowest BCUT2D eigenvalue weighted by Gasteiger charge is -2.42. The van der Waals surface area contributed by atoms with Crippen LogP contribution in [0.4, 0.5) is 4.79 Å². The van der Waals surface area contributed by atoms with Gasteiger partial charge >= 0.3 is 11.7 Å². The molecular weight excluding hydrogens is 270 g/mol. The Kier molecular flexibility index (Phi) is 3.51. The van der Waals surface area contributed by atoms with Crippen LogP contribution < -0.4 is 5.69 Å². The van der Waals surface area contributed by atoms with Gasteiger partial charge in [-0.2, -0.15) is 5.10 Å². The fraction of sp³-hybridized carbons (Fsp3) is 0.786.